The Kier molecular flexibility index (Phi) is 4.55. The predicted octanol–water partition coefficient (Wildman–Crippen LogP) is 2.26. The average molecular weight is 303 g/mol. The fourth-order valence-electron chi connectivity index (χ4n) is 1.84. The van der Waals surface area contributed by atoms with E-state index in [0.717, 1.165) is 10.4 Å². The van der Waals surface area contributed by atoms with Gasteiger partial charge in [-0.3, -0.25) is 9.59 Å². The van der Waals surface area contributed by atoms with Gasteiger partial charge in [-0.15, -0.1) is 11.3 Å². The molecular weight excluding hydrogens is 286 g/mol. The van der Waals surface area contributed by atoms with Crippen molar-refractivity contribution in [2.75, 3.05) is 6.54 Å². The monoisotopic (exact) mass is 303 g/mol. The van der Waals surface area contributed by atoms with E-state index >= 15 is 0 Å². The molecule has 21 heavy (non-hydrogen) atoms. The first kappa shape index (κ1) is 15.4. The first-order chi connectivity index (χ1) is 9.90. The molecule has 1 unspecified atom stereocenters. The molecular formula is C16H17NO3S. The molecule has 0 fully saturated rings. The summed E-state index contributed by atoms with van der Waals surface area (Å²) in [4.78, 5) is 24.6. The number of thiophene rings is 1. The summed E-state index contributed by atoms with van der Waals surface area (Å²) >= 11 is 1.40. The molecule has 5 heteroatoms. The number of carbonyl (C=O) groups is 2. The van der Waals surface area contributed by atoms with Gasteiger partial charge in [0.25, 0.3) is 5.91 Å². The standard InChI is InChI=1S/C16H17NO3S/c1-11-5-7-12(8-6-11)14(18)15(19)17-10-16(2,20)13-4-3-9-21-13/h3-9,20H,10H2,1-2H3,(H,17,19). The quantitative estimate of drug-likeness (QED) is 0.658. The van der Waals surface area contributed by atoms with Crippen LogP contribution in [0.1, 0.15) is 27.7 Å². The van der Waals surface area contributed by atoms with Gasteiger partial charge in [0.15, 0.2) is 0 Å². The summed E-state index contributed by atoms with van der Waals surface area (Å²) in [6.45, 7) is 3.51. The van der Waals surface area contributed by atoms with Crippen molar-refractivity contribution in [1.29, 1.82) is 0 Å². The van der Waals surface area contributed by atoms with E-state index in [9.17, 15) is 14.7 Å². The summed E-state index contributed by atoms with van der Waals surface area (Å²) < 4.78 is 0. The molecule has 110 valence electrons. The summed E-state index contributed by atoms with van der Waals surface area (Å²) in [7, 11) is 0. The molecule has 2 rings (SSSR count). The molecule has 0 aliphatic rings. The van der Waals surface area contributed by atoms with Gasteiger partial charge in [0.2, 0.25) is 5.78 Å². The number of aryl methyl sites for hydroxylation is 1. The molecule has 0 saturated carbocycles. The summed E-state index contributed by atoms with van der Waals surface area (Å²) in [6, 6.07) is 10.4. The lowest BCUT2D eigenvalue weighted by Crippen LogP contribution is -2.41. The Hall–Kier alpha value is -1.98. The number of nitrogens with one attached hydrogen (secondary N) is 1. The van der Waals surface area contributed by atoms with E-state index in [1.165, 1.54) is 11.3 Å². The van der Waals surface area contributed by atoms with Crippen LogP contribution in [0.15, 0.2) is 41.8 Å². The van der Waals surface area contributed by atoms with E-state index in [1.54, 1.807) is 37.3 Å². The Morgan fingerprint density at radius 2 is 1.90 bits per heavy atom. The third-order valence-corrected chi connectivity index (χ3v) is 4.29. The second-order valence-electron chi connectivity index (χ2n) is 5.13. The number of aliphatic hydroxyl groups is 1. The number of Topliss-reactive ketones (excluding diaryl/α,β-unsaturated/α-hetero) is 1. The minimum absolute atomic E-state index is 0.00997. The number of ketones is 1. The van der Waals surface area contributed by atoms with Gasteiger partial charge in [0.1, 0.15) is 5.60 Å². The van der Waals surface area contributed by atoms with E-state index < -0.39 is 17.3 Å². The number of amides is 1. The zero-order valence-corrected chi connectivity index (χ0v) is 12.7. The number of hydrogen-bond acceptors (Lipinski definition) is 4. The van der Waals surface area contributed by atoms with Gasteiger partial charge in [-0.25, -0.2) is 0 Å². The van der Waals surface area contributed by atoms with Crippen molar-refractivity contribution in [2.24, 2.45) is 0 Å². The molecule has 0 aliphatic heterocycles. The molecule has 0 saturated heterocycles. The van der Waals surface area contributed by atoms with E-state index in [4.69, 9.17) is 0 Å². The van der Waals surface area contributed by atoms with Crippen molar-refractivity contribution in [2.45, 2.75) is 19.4 Å². The highest BCUT2D eigenvalue weighted by atomic mass is 32.1. The van der Waals surface area contributed by atoms with Gasteiger partial charge in [-0.2, -0.15) is 0 Å². The normalized spacial score (nSPS) is 13.5. The highest BCUT2D eigenvalue weighted by Crippen LogP contribution is 2.24. The Labute approximate surface area is 127 Å². The summed E-state index contributed by atoms with van der Waals surface area (Å²) in [5.74, 6) is -1.31. The van der Waals surface area contributed by atoms with Crippen LogP contribution in [0.3, 0.4) is 0 Å². The smallest absolute Gasteiger partial charge is 0.292 e. The van der Waals surface area contributed by atoms with Crippen LogP contribution >= 0.6 is 11.3 Å². The highest BCUT2D eigenvalue weighted by molar-refractivity contribution is 7.10. The first-order valence-corrected chi connectivity index (χ1v) is 7.44. The van der Waals surface area contributed by atoms with Crippen LogP contribution in [-0.4, -0.2) is 23.3 Å². The summed E-state index contributed by atoms with van der Waals surface area (Å²) in [5.41, 5.74) is 0.179. The number of rotatable bonds is 5. The SMILES string of the molecule is Cc1ccc(C(=O)C(=O)NCC(C)(O)c2cccs2)cc1. The molecule has 2 aromatic rings. The van der Waals surface area contributed by atoms with Crippen molar-refractivity contribution in [3.05, 3.63) is 57.8 Å². The van der Waals surface area contributed by atoms with Gasteiger partial charge < -0.3 is 10.4 Å². The second kappa shape index (κ2) is 6.20. The molecule has 1 aromatic heterocycles. The van der Waals surface area contributed by atoms with E-state index in [2.05, 4.69) is 5.32 Å². The minimum Gasteiger partial charge on any atom is -0.383 e. The van der Waals surface area contributed by atoms with Crippen LogP contribution in [-0.2, 0) is 10.4 Å². The third kappa shape index (κ3) is 3.77. The maximum Gasteiger partial charge on any atom is 0.292 e. The Morgan fingerprint density at radius 3 is 2.48 bits per heavy atom. The second-order valence-corrected chi connectivity index (χ2v) is 6.08. The zero-order valence-electron chi connectivity index (χ0n) is 11.9. The van der Waals surface area contributed by atoms with Gasteiger partial charge in [-0.05, 0) is 25.3 Å². The van der Waals surface area contributed by atoms with Gasteiger partial charge in [0, 0.05) is 10.4 Å². The van der Waals surface area contributed by atoms with Crippen LogP contribution in [0.4, 0.5) is 0 Å². The Balaban J connectivity index is 1.98. The molecule has 1 heterocycles. The fraction of sp³-hybridized carbons (Fsp3) is 0.250. The van der Waals surface area contributed by atoms with E-state index in [1.807, 2.05) is 18.4 Å². The number of hydrogen-bond donors (Lipinski definition) is 2. The van der Waals surface area contributed by atoms with Crippen LogP contribution in [0.25, 0.3) is 0 Å². The van der Waals surface area contributed by atoms with Crippen molar-refractivity contribution in [1.82, 2.24) is 5.32 Å². The Morgan fingerprint density at radius 1 is 1.24 bits per heavy atom. The third-order valence-electron chi connectivity index (χ3n) is 3.17. The maximum absolute atomic E-state index is 12.0. The number of carbonyl (C=O) groups excluding carboxylic acids is 2. The van der Waals surface area contributed by atoms with Gasteiger partial charge in [-0.1, -0.05) is 35.9 Å². The van der Waals surface area contributed by atoms with Crippen molar-refractivity contribution in [3.8, 4) is 0 Å². The van der Waals surface area contributed by atoms with Crippen LogP contribution in [0.5, 0.6) is 0 Å². The highest BCUT2D eigenvalue weighted by Gasteiger charge is 2.26. The lowest BCUT2D eigenvalue weighted by atomic mass is 10.0. The maximum atomic E-state index is 12.0. The molecule has 1 amide bonds. The Bertz CT molecular complexity index is 630. The lowest BCUT2D eigenvalue weighted by molar-refractivity contribution is -0.118. The van der Waals surface area contributed by atoms with E-state index in [-0.39, 0.29) is 6.54 Å². The molecule has 1 aromatic carbocycles. The average Bonchev–Trinajstić information content (AvgIpc) is 3.00. The zero-order chi connectivity index (χ0) is 15.5. The summed E-state index contributed by atoms with van der Waals surface area (Å²) in [6.07, 6.45) is 0. The summed E-state index contributed by atoms with van der Waals surface area (Å²) in [5, 5.41) is 14.6. The topological polar surface area (TPSA) is 66.4 Å². The van der Waals surface area contributed by atoms with Crippen molar-refractivity contribution < 1.29 is 14.7 Å². The largest absolute Gasteiger partial charge is 0.383 e. The van der Waals surface area contributed by atoms with Crippen molar-refractivity contribution in [3.63, 3.8) is 0 Å². The predicted molar refractivity (Wildman–Crippen MR) is 82.4 cm³/mol. The van der Waals surface area contributed by atoms with Gasteiger partial charge >= 0.3 is 0 Å². The number of benzene rings is 1. The van der Waals surface area contributed by atoms with Crippen LogP contribution in [0.2, 0.25) is 0 Å². The van der Waals surface area contributed by atoms with E-state index in [0.29, 0.717) is 5.56 Å². The fourth-order valence-corrected chi connectivity index (χ4v) is 2.63. The molecule has 1 atom stereocenters. The van der Waals surface area contributed by atoms with Crippen molar-refractivity contribution >= 4 is 23.0 Å². The molecule has 0 spiro atoms. The lowest BCUT2D eigenvalue weighted by Gasteiger charge is -2.22. The molecule has 0 radical (unpaired) electrons. The van der Waals surface area contributed by atoms with Gasteiger partial charge in [0.05, 0.1) is 6.54 Å². The molecule has 4 nitrogen and oxygen atoms in total. The molecule has 0 bridgehead atoms. The van der Waals surface area contributed by atoms with Crippen LogP contribution in [0, 0.1) is 6.92 Å². The molecule has 0 aliphatic carbocycles. The first-order valence-electron chi connectivity index (χ1n) is 6.56. The molecule has 2 N–H and O–H groups in total. The minimum atomic E-state index is -1.18. The van der Waals surface area contributed by atoms with Crippen LogP contribution < -0.4 is 5.32 Å².